The number of aryl methyl sites for hydroxylation is 1. The van der Waals surface area contributed by atoms with E-state index in [0.717, 1.165) is 12.8 Å². The molecule has 1 aromatic heterocycles. The van der Waals surface area contributed by atoms with Gasteiger partial charge in [0.2, 0.25) is 0 Å². The van der Waals surface area contributed by atoms with E-state index in [1.807, 2.05) is 0 Å². The van der Waals surface area contributed by atoms with E-state index in [-0.39, 0.29) is 0 Å². The van der Waals surface area contributed by atoms with Crippen LogP contribution >= 0.6 is 0 Å². The molecule has 0 amide bonds. The SMILES string of the molecule is CCc1c(C(C)C)ccc2c3ccccc3n(C(C)CC)c12. The molecule has 0 N–H and O–H groups in total. The molecule has 0 fully saturated rings. The van der Waals surface area contributed by atoms with Gasteiger partial charge in [-0.3, -0.25) is 0 Å². The first-order valence-corrected chi connectivity index (χ1v) is 8.64. The molecule has 1 heteroatoms. The molecule has 3 aromatic rings. The second-order valence-electron chi connectivity index (χ2n) is 6.68. The van der Waals surface area contributed by atoms with E-state index in [2.05, 4.69) is 75.6 Å². The van der Waals surface area contributed by atoms with Crippen molar-refractivity contribution < 1.29 is 0 Å². The van der Waals surface area contributed by atoms with Gasteiger partial charge >= 0.3 is 0 Å². The van der Waals surface area contributed by atoms with Crippen molar-refractivity contribution in [1.82, 2.24) is 4.57 Å². The number of rotatable bonds is 4. The molecule has 0 spiro atoms. The standard InChI is InChI=1S/C21H27N/c1-6-15(5)22-20-11-9-8-10-18(20)19-13-12-17(14(3)4)16(7-2)21(19)22/h8-15H,6-7H2,1-5H3. The van der Waals surface area contributed by atoms with Crippen molar-refractivity contribution >= 4 is 21.8 Å². The maximum Gasteiger partial charge on any atom is 0.0529 e. The molecule has 2 aromatic carbocycles. The Morgan fingerprint density at radius 1 is 0.909 bits per heavy atom. The smallest absolute Gasteiger partial charge is 0.0529 e. The van der Waals surface area contributed by atoms with Crippen molar-refractivity contribution in [3.05, 3.63) is 47.5 Å². The third-order valence-electron chi connectivity index (χ3n) is 5.02. The van der Waals surface area contributed by atoms with Crippen molar-refractivity contribution in [2.75, 3.05) is 0 Å². The van der Waals surface area contributed by atoms with Crippen LogP contribution in [-0.2, 0) is 6.42 Å². The van der Waals surface area contributed by atoms with Gasteiger partial charge in [0, 0.05) is 22.3 Å². The van der Waals surface area contributed by atoms with Crippen LogP contribution in [0.25, 0.3) is 21.8 Å². The van der Waals surface area contributed by atoms with Crippen LogP contribution in [-0.4, -0.2) is 4.57 Å². The summed E-state index contributed by atoms with van der Waals surface area (Å²) < 4.78 is 2.58. The zero-order valence-corrected chi connectivity index (χ0v) is 14.5. The summed E-state index contributed by atoms with van der Waals surface area (Å²) in [5.74, 6) is 0.572. The first-order valence-electron chi connectivity index (χ1n) is 8.64. The fourth-order valence-electron chi connectivity index (χ4n) is 3.73. The van der Waals surface area contributed by atoms with E-state index in [9.17, 15) is 0 Å². The van der Waals surface area contributed by atoms with E-state index in [4.69, 9.17) is 0 Å². The zero-order valence-electron chi connectivity index (χ0n) is 14.5. The van der Waals surface area contributed by atoms with Gasteiger partial charge in [-0.25, -0.2) is 0 Å². The molecule has 1 heterocycles. The van der Waals surface area contributed by atoms with Crippen molar-refractivity contribution in [3.8, 4) is 0 Å². The minimum absolute atomic E-state index is 0.523. The molecule has 3 rings (SSSR count). The quantitative estimate of drug-likeness (QED) is 0.521. The van der Waals surface area contributed by atoms with Crippen LogP contribution in [0.5, 0.6) is 0 Å². The molecule has 0 bridgehead atoms. The van der Waals surface area contributed by atoms with Gasteiger partial charge < -0.3 is 4.57 Å². The Balaban J connectivity index is 2.52. The highest BCUT2D eigenvalue weighted by Gasteiger charge is 2.19. The third kappa shape index (κ3) is 2.15. The molecule has 116 valence electrons. The monoisotopic (exact) mass is 293 g/mol. The molecule has 22 heavy (non-hydrogen) atoms. The summed E-state index contributed by atoms with van der Waals surface area (Å²) in [6, 6.07) is 14.1. The van der Waals surface area contributed by atoms with Crippen LogP contribution in [0, 0.1) is 0 Å². The number of fused-ring (bicyclic) bond motifs is 3. The molecule has 1 unspecified atom stereocenters. The predicted molar refractivity (Wildman–Crippen MR) is 97.9 cm³/mol. The first kappa shape index (κ1) is 15.1. The fourth-order valence-corrected chi connectivity index (χ4v) is 3.73. The van der Waals surface area contributed by atoms with Crippen LogP contribution in [0.15, 0.2) is 36.4 Å². The number of aromatic nitrogens is 1. The predicted octanol–water partition coefficient (Wildman–Crippen LogP) is 6.45. The number of hydrogen-bond acceptors (Lipinski definition) is 0. The Kier molecular flexibility index (Phi) is 3.99. The second kappa shape index (κ2) is 5.79. The highest BCUT2D eigenvalue weighted by molar-refractivity contribution is 6.09. The second-order valence-corrected chi connectivity index (χ2v) is 6.68. The lowest BCUT2D eigenvalue weighted by atomic mass is 9.93. The maximum atomic E-state index is 2.58. The lowest BCUT2D eigenvalue weighted by Crippen LogP contribution is -2.06. The van der Waals surface area contributed by atoms with Crippen molar-refractivity contribution in [2.45, 2.75) is 59.4 Å². The van der Waals surface area contributed by atoms with Gasteiger partial charge in [-0.15, -0.1) is 0 Å². The van der Waals surface area contributed by atoms with Crippen LogP contribution in [0.1, 0.15) is 64.1 Å². The van der Waals surface area contributed by atoms with Gasteiger partial charge in [0.25, 0.3) is 0 Å². The maximum absolute atomic E-state index is 2.58. The van der Waals surface area contributed by atoms with E-state index in [1.54, 1.807) is 0 Å². The molecule has 0 aliphatic rings. The number of benzene rings is 2. The highest BCUT2D eigenvalue weighted by atomic mass is 15.0. The Bertz CT molecular complexity index is 807. The van der Waals surface area contributed by atoms with Crippen molar-refractivity contribution in [1.29, 1.82) is 0 Å². The molecule has 0 saturated heterocycles. The number of nitrogens with zero attached hydrogens (tertiary/aromatic N) is 1. The van der Waals surface area contributed by atoms with Crippen LogP contribution in [0.2, 0.25) is 0 Å². The van der Waals surface area contributed by atoms with Gasteiger partial charge in [-0.1, -0.05) is 58.0 Å². The lowest BCUT2D eigenvalue weighted by Gasteiger charge is -2.19. The van der Waals surface area contributed by atoms with E-state index in [1.165, 1.54) is 32.9 Å². The summed E-state index contributed by atoms with van der Waals surface area (Å²) in [5.41, 5.74) is 5.87. The molecule has 0 aliphatic heterocycles. The van der Waals surface area contributed by atoms with Crippen molar-refractivity contribution in [2.24, 2.45) is 0 Å². The normalized spacial score (nSPS) is 13.4. The summed E-state index contributed by atoms with van der Waals surface area (Å²) in [5, 5.41) is 2.81. The Labute approximate surface area is 133 Å². The summed E-state index contributed by atoms with van der Waals surface area (Å²) in [7, 11) is 0. The third-order valence-corrected chi connectivity index (χ3v) is 5.02. The Hall–Kier alpha value is -1.76. The van der Waals surface area contributed by atoms with E-state index in [0.29, 0.717) is 12.0 Å². The van der Waals surface area contributed by atoms with Gasteiger partial charge in [0.05, 0.1) is 5.52 Å². The zero-order chi connectivity index (χ0) is 15.9. The average molecular weight is 293 g/mol. The molecular formula is C21H27N. The van der Waals surface area contributed by atoms with Crippen LogP contribution in [0.4, 0.5) is 0 Å². The highest BCUT2D eigenvalue weighted by Crippen LogP contribution is 2.37. The Morgan fingerprint density at radius 3 is 2.27 bits per heavy atom. The topological polar surface area (TPSA) is 4.93 Å². The van der Waals surface area contributed by atoms with Crippen LogP contribution < -0.4 is 0 Å². The molecule has 1 nitrogen and oxygen atoms in total. The van der Waals surface area contributed by atoms with Crippen LogP contribution in [0.3, 0.4) is 0 Å². The van der Waals surface area contributed by atoms with Gasteiger partial charge in [0.15, 0.2) is 0 Å². The summed E-state index contributed by atoms with van der Waals surface area (Å²) in [4.78, 5) is 0. The molecule has 1 atom stereocenters. The first-order chi connectivity index (χ1) is 10.6. The van der Waals surface area contributed by atoms with Gasteiger partial charge in [-0.2, -0.15) is 0 Å². The molecular weight excluding hydrogens is 266 g/mol. The summed E-state index contributed by atoms with van der Waals surface area (Å²) >= 11 is 0. The molecule has 0 aliphatic carbocycles. The minimum Gasteiger partial charge on any atom is -0.337 e. The van der Waals surface area contributed by atoms with Gasteiger partial charge in [-0.05, 0) is 42.9 Å². The largest absolute Gasteiger partial charge is 0.337 e. The van der Waals surface area contributed by atoms with Gasteiger partial charge in [0.1, 0.15) is 0 Å². The molecule has 0 saturated carbocycles. The Morgan fingerprint density at radius 2 is 1.64 bits per heavy atom. The summed E-state index contributed by atoms with van der Waals surface area (Å²) in [6.07, 6.45) is 2.25. The van der Waals surface area contributed by atoms with Crippen molar-refractivity contribution in [3.63, 3.8) is 0 Å². The van der Waals surface area contributed by atoms with E-state index < -0.39 is 0 Å². The van der Waals surface area contributed by atoms with E-state index >= 15 is 0 Å². The number of para-hydroxylation sites is 1. The molecule has 0 radical (unpaired) electrons. The lowest BCUT2D eigenvalue weighted by molar-refractivity contribution is 0.561. The number of hydrogen-bond donors (Lipinski definition) is 0. The average Bonchev–Trinajstić information content (AvgIpc) is 2.87. The summed E-state index contributed by atoms with van der Waals surface area (Å²) in [6.45, 7) is 11.5. The fraction of sp³-hybridized carbons (Fsp3) is 0.429. The minimum atomic E-state index is 0.523.